The van der Waals surface area contributed by atoms with E-state index in [2.05, 4.69) is 43.1 Å². The van der Waals surface area contributed by atoms with E-state index in [0.717, 1.165) is 30.4 Å². The van der Waals surface area contributed by atoms with E-state index in [0.29, 0.717) is 22.9 Å². The molecule has 0 bridgehead atoms. The third kappa shape index (κ3) is 5.38. The Morgan fingerprint density at radius 1 is 1.28 bits per heavy atom. The third-order valence-electron chi connectivity index (χ3n) is 6.24. The zero-order chi connectivity index (χ0) is 23.8. The molecule has 9 heteroatoms. The van der Waals surface area contributed by atoms with Crippen LogP contribution in [0.25, 0.3) is 0 Å². The summed E-state index contributed by atoms with van der Waals surface area (Å²) in [4.78, 5) is 17.6. The summed E-state index contributed by atoms with van der Waals surface area (Å²) in [6, 6.07) is 1.92. The zero-order valence-electron chi connectivity index (χ0n) is 20.0. The van der Waals surface area contributed by atoms with Crippen molar-refractivity contribution in [3.05, 3.63) is 41.0 Å². The Balaban J connectivity index is 1.81. The Hall–Kier alpha value is -2.26. The maximum absolute atomic E-state index is 13.5. The summed E-state index contributed by atoms with van der Waals surface area (Å²) in [6.45, 7) is 12.4. The minimum absolute atomic E-state index is 0.113. The van der Waals surface area contributed by atoms with E-state index in [4.69, 9.17) is 4.18 Å². The topological polar surface area (TPSA) is 103 Å². The van der Waals surface area contributed by atoms with Crippen LogP contribution in [-0.4, -0.2) is 47.9 Å². The smallest absolute Gasteiger partial charge is 0.264 e. The van der Waals surface area contributed by atoms with Crippen molar-refractivity contribution in [3.63, 3.8) is 0 Å². The number of rotatable bonds is 7. The van der Waals surface area contributed by atoms with Crippen molar-refractivity contribution < 1.29 is 17.4 Å². The van der Waals surface area contributed by atoms with Crippen molar-refractivity contribution in [2.24, 2.45) is 11.8 Å². The number of anilines is 1. The summed E-state index contributed by atoms with van der Waals surface area (Å²) in [7, 11) is -3.46. The van der Waals surface area contributed by atoms with Crippen LogP contribution < -0.4 is 5.32 Å². The molecule has 0 radical (unpaired) electrons. The molecule has 3 atom stereocenters. The lowest BCUT2D eigenvalue weighted by Crippen LogP contribution is -2.25. The summed E-state index contributed by atoms with van der Waals surface area (Å²) in [5, 5.41) is 8.13. The van der Waals surface area contributed by atoms with Crippen LogP contribution in [0.1, 0.15) is 67.8 Å². The van der Waals surface area contributed by atoms with Crippen LogP contribution in [0, 0.1) is 25.7 Å². The number of pyridine rings is 1. The molecule has 2 aromatic heterocycles. The molecule has 2 aromatic rings. The Labute approximate surface area is 190 Å². The third-order valence-corrected chi connectivity index (χ3v) is 6.80. The van der Waals surface area contributed by atoms with E-state index in [9.17, 15) is 13.2 Å². The molecule has 1 saturated carbocycles. The second-order valence-corrected chi connectivity index (χ2v) is 11.6. The molecule has 3 rings (SSSR count). The number of hydrogen-bond acceptors (Lipinski definition) is 7. The fourth-order valence-corrected chi connectivity index (χ4v) is 4.82. The Morgan fingerprint density at radius 2 is 1.97 bits per heavy atom. The minimum atomic E-state index is -3.46. The highest BCUT2D eigenvalue weighted by molar-refractivity contribution is 7.85. The van der Waals surface area contributed by atoms with Gasteiger partial charge in [0, 0.05) is 35.4 Å². The number of aromatic nitrogens is 3. The molecule has 0 spiro atoms. The number of carbonyl (C=O) groups excluding carboxylic acids is 1. The van der Waals surface area contributed by atoms with Crippen LogP contribution in [0.3, 0.4) is 0 Å². The summed E-state index contributed by atoms with van der Waals surface area (Å²) in [5.41, 5.74) is 3.25. The Kier molecular flexibility index (Phi) is 6.81. The van der Waals surface area contributed by atoms with Gasteiger partial charge < -0.3 is 5.32 Å². The van der Waals surface area contributed by atoms with E-state index >= 15 is 0 Å². The first kappa shape index (κ1) is 24.4. The summed E-state index contributed by atoms with van der Waals surface area (Å²) >= 11 is 0. The van der Waals surface area contributed by atoms with Gasteiger partial charge in [-0.05, 0) is 65.4 Å². The van der Waals surface area contributed by atoms with Crippen LogP contribution in [0.4, 0.5) is 5.69 Å². The number of carbonyl (C=O) groups is 1. The first-order valence-corrected chi connectivity index (χ1v) is 12.8. The van der Waals surface area contributed by atoms with Gasteiger partial charge in [-0.2, -0.15) is 13.5 Å². The summed E-state index contributed by atoms with van der Waals surface area (Å²) < 4.78 is 29.6. The van der Waals surface area contributed by atoms with Crippen LogP contribution in [0.15, 0.2) is 18.5 Å². The van der Waals surface area contributed by atoms with Crippen molar-refractivity contribution in [2.45, 2.75) is 66.0 Å². The Bertz CT molecular complexity index is 1100. The van der Waals surface area contributed by atoms with Crippen molar-refractivity contribution >= 4 is 21.6 Å². The molecule has 8 nitrogen and oxygen atoms in total. The van der Waals surface area contributed by atoms with Crippen molar-refractivity contribution in [3.8, 4) is 0 Å². The molecule has 1 fully saturated rings. The number of ketones is 1. The van der Waals surface area contributed by atoms with Gasteiger partial charge in [0.25, 0.3) is 10.1 Å². The summed E-state index contributed by atoms with van der Waals surface area (Å²) in [5.74, 6) is 0.283. The molecule has 1 N–H and O–H groups in total. The highest BCUT2D eigenvalue weighted by Crippen LogP contribution is 2.35. The average molecular weight is 463 g/mol. The molecule has 0 aromatic carbocycles. The second kappa shape index (κ2) is 8.94. The highest BCUT2D eigenvalue weighted by Gasteiger charge is 2.33. The lowest BCUT2D eigenvalue weighted by atomic mass is 10.00. The monoisotopic (exact) mass is 462 g/mol. The van der Waals surface area contributed by atoms with E-state index in [-0.39, 0.29) is 29.9 Å². The van der Waals surface area contributed by atoms with Gasteiger partial charge in [-0.1, -0.05) is 6.92 Å². The summed E-state index contributed by atoms with van der Waals surface area (Å²) in [6.07, 6.45) is 5.95. The van der Waals surface area contributed by atoms with Gasteiger partial charge >= 0.3 is 0 Å². The fourth-order valence-electron chi connectivity index (χ4n) is 4.39. The molecule has 1 aliphatic carbocycles. The lowest BCUT2D eigenvalue weighted by Gasteiger charge is -2.21. The number of nitrogens with zero attached hydrogens (tertiary/aromatic N) is 3. The van der Waals surface area contributed by atoms with Crippen molar-refractivity contribution in [1.29, 1.82) is 0 Å². The number of nitrogens with one attached hydrogen (secondary N) is 1. The maximum Gasteiger partial charge on any atom is 0.264 e. The van der Waals surface area contributed by atoms with E-state index in [1.54, 1.807) is 18.5 Å². The van der Waals surface area contributed by atoms with Crippen LogP contribution in [-0.2, 0) is 19.8 Å². The molecule has 0 aliphatic heterocycles. The molecule has 0 amide bonds. The normalized spacial score (nSPS) is 21.7. The molecular weight excluding hydrogens is 428 g/mol. The largest absolute Gasteiger partial charge is 0.382 e. The van der Waals surface area contributed by atoms with Crippen molar-refractivity contribution in [2.75, 3.05) is 18.2 Å². The molecule has 1 aliphatic rings. The van der Waals surface area contributed by atoms with Gasteiger partial charge in [0.1, 0.15) is 5.69 Å². The predicted molar refractivity (Wildman–Crippen MR) is 124 cm³/mol. The molecule has 0 saturated heterocycles. The lowest BCUT2D eigenvalue weighted by molar-refractivity contribution is 0.103. The highest BCUT2D eigenvalue weighted by atomic mass is 32.2. The van der Waals surface area contributed by atoms with Gasteiger partial charge in [-0.25, -0.2) is 0 Å². The molecule has 0 unspecified atom stereocenters. The quantitative estimate of drug-likeness (QED) is 0.494. The van der Waals surface area contributed by atoms with Crippen LogP contribution >= 0.6 is 0 Å². The van der Waals surface area contributed by atoms with E-state index in [1.165, 1.54) is 0 Å². The van der Waals surface area contributed by atoms with Crippen LogP contribution in [0.5, 0.6) is 0 Å². The predicted octanol–water partition coefficient (Wildman–Crippen LogP) is 3.68. The van der Waals surface area contributed by atoms with Gasteiger partial charge in [0.2, 0.25) is 5.78 Å². The van der Waals surface area contributed by atoms with Gasteiger partial charge in [0.15, 0.2) is 0 Å². The Morgan fingerprint density at radius 3 is 2.56 bits per heavy atom. The second-order valence-electron chi connectivity index (χ2n) is 9.93. The van der Waals surface area contributed by atoms with E-state index < -0.39 is 10.1 Å². The van der Waals surface area contributed by atoms with Gasteiger partial charge in [-0.3, -0.25) is 18.6 Å². The first-order chi connectivity index (χ1) is 14.8. The minimum Gasteiger partial charge on any atom is -0.382 e. The van der Waals surface area contributed by atoms with Gasteiger partial charge in [0.05, 0.1) is 24.0 Å². The molecule has 176 valence electrons. The standard InChI is InChI=1S/C23H34N4O4S/c1-14-10-18(11-17(14)13-31-32(7,29)30)25-20-8-9-24-12-19(20)22(28)21-15(2)16(3)27(26-21)23(4,5)6/h8-9,12,14,17-18H,10-11,13H2,1-7H3,(H,24,25)/t14-,17+,18-/m0/s1. The molecular formula is C23H34N4O4S. The average Bonchev–Trinajstić information content (AvgIpc) is 3.18. The zero-order valence-corrected chi connectivity index (χ0v) is 20.8. The van der Waals surface area contributed by atoms with E-state index in [1.807, 2.05) is 18.5 Å². The molecule has 2 heterocycles. The number of hydrogen-bond donors (Lipinski definition) is 1. The van der Waals surface area contributed by atoms with Crippen molar-refractivity contribution in [1.82, 2.24) is 14.8 Å². The van der Waals surface area contributed by atoms with Crippen LogP contribution in [0.2, 0.25) is 0 Å². The first-order valence-electron chi connectivity index (χ1n) is 10.9. The molecule has 32 heavy (non-hydrogen) atoms. The van der Waals surface area contributed by atoms with Gasteiger partial charge in [-0.15, -0.1) is 0 Å². The maximum atomic E-state index is 13.5. The SMILES string of the molecule is Cc1c(C(=O)c2cnccc2N[C@@H]2C[C@H](COS(C)(=O)=O)[C@@H](C)C2)nn(C(C)(C)C)c1C. The fraction of sp³-hybridized carbons (Fsp3) is 0.609.